The van der Waals surface area contributed by atoms with Gasteiger partial charge in [0, 0.05) is 5.88 Å². The molecule has 0 spiro atoms. The Morgan fingerprint density at radius 3 is 2.32 bits per heavy atom. The average molecular weight is 381 g/mol. The Hall–Kier alpha value is -2.06. The molecule has 2 fully saturated rings. The third-order valence-electron chi connectivity index (χ3n) is 4.72. The van der Waals surface area contributed by atoms with E-state index in [1.165, 1.54) is 23.8 Å². The number of carbonyl (C=O) groups is 4. The minimum atomic E-state index is -0.919. The molecular weight excluding hydrogens is 368 g/mol. The predicted molar refractivity (Wildman–Crippen MR) is 89.3 cm³/mol. The van der Waals surface area contributed by atoms with Gasteiger partial charge in [0.25, 0.3) is 17.7 Å². The number of halogens is 1. The molecule has 1 aromatic carbocycles. The molecule has 130 valence electrons. The molecule has 1 aromatic rings. The van der Waals surface area contributed by atoms with E-state index < -0.39 is 41.1 Å². The van der Waals surface area contributed by atoms with Crippen molar-refractivity contribution >= 4 is 47.1 Å². The minimum Gasteiger partial charge on any atom is -0.467 e. The van der Waals surface area contributed by atoms with Gasteiger partial charge in [0.05, 0.1) is 23.5 Å². The summed E-state index contributed by atoms with van der Waals surface area (Å²) in [6.45, 7) is 0. The maximum absolute atomic E-state index is 12.7. The molecule has 4 rings (SSSR count). The summed E-state index contributed by atoms with van der Waals surface area (Å²) >= 11 is 7.25. The number of alkyl halides is 1. The molecule has 25 heavy (non-hydrogen) atoms. The SMILES string of the molecule is COC(=O)C1[C@@H](CCl)S[C@H]2C(N3C(=O)c4ccccc4C3=O)C(=O)N12. The van der Waals surface area contributed by atoms with Crippen LogP contribution < -0.4 is 0 Å². The van der Waals surface area contributed by atoms with Crippen molar-refractivity contribution in [1.82, 2.24) is 9.80 Å². The van der Waals surface area contributed by atoms with E-state index in [4.69, 9.17) is 16.3 Å². The molecule has 9 heteroatoms. The zero-order valence-electron chi connectivity index (χ0n) is 13.0. The number of esters is 1. The number of thioether (sulfide) groups is 1. The van der Waals surface area contributed by atoms with Gasteiger partial charge in [0.2, 0.25) is 0 Å². The normalized spacial score (nSPS) is 30.2. The lowest BCUT2D eigenvalue weighted by molar-refractivity contribution is -0.163. The van der Waals surface area contributed by atoms with Gasteiger partial charge in [0.1, 0.15) is 17.5 Å². The molecule has 3 heterocycles. The summed E-state index contributed by atoms with van der Waals surface area (Å²) in [5, 5.41) is -0.828. The first-order valence-corrected chi connectivity index (χ1v) is 9.07. The van der Waals surface area contributed by atoms with Crippen LogP contribution in [0.3, 0.4) is 0 Å². The summed E-state index contributed by atoms with van der Waals surface area (Å²) in [5.41, 5.74) is 0.584. The van der Waals surface area contributed by atoms with Crippen molar-refractivity contribution in [2.24, 2.45) is 0 Å². The van der Waals surface area contributed by atoms with Gasteiger partial charge in [-0.3, -0.25) is 19.3 Å². The van der Waals surface area contributed by atoms with Crippen molar-refractivity contribution in [3.8, 4) is 0 Å². The predicted octanol–water partition coefficient (Wildman–Crippen LogP) is 0.715. The van der Waals surface area contributed by atoms with Crippen molar-refractivity contribution in [3.05, 3.63) is 35.4 Å². The van der Waals surface area contributed by atoms with Crippen molar-refractivity contribution < 1.29 is 23.9 Å². The van der Waals surface area contributed by atoms with Crippen LogP contribution >= 0.6 is 23.4 Å². The fourth-order valence-corrected chi connectivity index (χ4v) is 5.51. The van der Waals surface area contributed by atoms with Crippen molar-refractivity contribution in [2.75, 3.05) is 13.0 Å². The number of methoxy groups -OCH3 is 1. The zero-order valence-corrected chi connectivity index (χ0v) is 14.6. The highest BCUT2D eigenvalue weighted by molar-refractivity contribution is 8.01. The third-order valence-corrected chi connectivity index (χ3v) is 6.77. The highest BCUT2D eigenvalue weighted by Crippen LogP contribution is 2.48. The summed E-state index contributed by atoms with van der Waals surface area (Å²) in [6, 6.07) is 4.76. The molecule has 2 saturated heterocycles. The largest absolute Gasteiger partial charge is 0.467 e. The monoisotopic (exact) mass is 380 g/mol. The van der Waals surface area contributed by atoms with E-state index in [2.05, 4.69) is 0 Å². The Labute approximate surface area is 152 Å². The Kier molecular flexibility index (Phi) is 3.77. The number of benzene rings is 1. The van der Waals surface area contributed by atoms with Gasteiger partial charge in [-0.2, -0.15) is 0 Å². The van der Waals surface area contributed by atoms with Gasteiger partial charge >= 0.3 is 5.97 Å². The molecule has 4 atom stereocenters. The molecule has 2 unspecified atom stereocenters. The molecule has 3 aliphatic heterocycles. The van der Waals surface area contributed by atoms with Crippen LogP contribution in [0.15, 0.2) is 24.3 Å². The first-order chi connectivity index (χ1) is 12.0. The summed E-state index contributed by atoms with van der Waals surface area (Å²) in [6.07, 6.45) is 0. The fraction of sp³-hybridized carbons (Fsp3) is 0.375. The zero-order chi connectivity index (χ0) is 17.9. The van der Waals surface area contributed by atoms with Crippen molar-refractivity contribution in [2.45, 2.75) is 22.7 Å². The summed E-state index contributed by atoms with van der Waals surface area (Å²) in [4.78, 5) is 52.3. The number of rotatable bonds is 3. The van der Waals surface area contributed by atoms with Crippen LogP contribution in [-0.4, -0.2) is 69.2 Å². The highest BCUT2D eigenvalue weighted by Gasteiger charge is 2.65. The quantitative estimate of drug-likeness (QED) is 0.332. The first-order valence-electron chi connectivity index (χ1n) is 7.59. The van der Waals surface area contributed by atoms with E-state index in [0.717, 1.165) is 4.90 Å². The number of nitrogens with zero attached hydrogens (tertiary/aromatic N) is 2. The Morgan fingerprint density at radius 1 is 1.20 bits per heavy atom. The van der Waals surface area contributed by atoms with Gasteiger partial charge in [0.15, 0.2) is 0 Å². The standard InChI is InChI=1S/C16H13ClN2O5S/c1-24-16(23)10-9(6-17)25-15-11(14(22)19(10)15)18-12(20)7-4-2-3-5-8(7)13(18)21/h2-5,9-11,15H,6H2,1H3/t9-,10?,11?,15+/m1/s1. The number of amides is 3. The fourth-order valence-electron chi connectivity index (χ4n) is 3.54. The Balaban J connectivity index is 1.65. The summed E-state index contributed by atoms with van der Waals surface area (Å²) < 4.78 is 4.77. The summed E-state index contributed by atoms with van der Waals surface area (Å²) in [7, 11) is 1.25. The molecule has 0 aliphatic carbocycles. The number of β-lactam (4-membered cyclic amide) rings is 1. The topological polar surface area (TPSA) is 84.0 Å². The molecule has 0 radical (unpaired) electrons. The van der Waals surface area contributed by atoms with Crippen LogP contribution in [0, 0.1) is 0 Å². The number of carbonyl (C=O) groups excluding carboxylic acids is 4. The van der Waals surface area contributed by atoms with E-state index in [1.54, 1.807) is 24.3 Å². The van der Waals surface area contributed by atoms with Crippen LogP contribution in [0.25, 0.3) is 0 Å². The van der Waals surface area contributed by atoms with Gasteiger partial charge in [-0.15, -0.1) is 23.4 Å². The molecule has 3 amide bonds. The van der Waals surface area contributed by atoms with Crippen molar-refractivity contribution in [1.29, 1.82) is 0 Å². The van der Waals surface area contributed by atoms with Crippen LogP contribution in [0.1, 0.15) is 20.7 Å². The molecule has 0 bridgehead atoms. The lowest BCUT2D eigenvalue weighted by Crippen LogP contribution is -2.71. The number of ether oxygens (including phenoxy) is 1. The second-order valence-corrected chi connectivity index (χ2v) is 7.57. The van der Waals surface area contributed by atoms with E-state index in [1.807, 2.05) is 0 Å². The van der Waals surface area contributed by atoms with E-state index in [-0.39, 0.29) is 11.1 Å². The van der Waals surface area contributed by atoms with E-state index in [0.29, 0.717) is 11.1 Å². The van der Waals surface area contributed by atoms with Gasteiger partial charge in [-0.05, 0) is 12.1 Å². The number of imide groups is 1. The van der Waals surface area contributed by atoms with E-state index in [9.17, 15) is 19.2 Å². The Morgan fingerprint density at radius 2 is 1.80 bits per heavy atom. The smallest absolute Gasteiger partial charge is 0.329 e. The molecule has 7 nitrogen and oxygen atoms in total. The maximum atomic E-state index is 12.7. The van der Waals surface area contributed by atoms with Gasteiger partial charge < -0.3 is 9.64 Å². The van der Waals surface area contributed by atoms with E-state index >= 15 is 0 Å². The average Bonchev–Trinajstić information content (AvgIpc) is 3.10. The lowest BCUT2D eigenvalue weighted by atomic mass is 10.0. The Bertz CT molecular complexity index is 780. The number of hydrogen-bond donors (Lipinski definition) is 0. The second-order valence-electron chi connectivity index (χ2n) is 5.90. The number of hydrogen-bond acceptors (Lipinski definition) is 6. The molecule has 0 saturated carbocycles. The molecule has 3 aliphatic rings. The van der Waals surface area contributed by atoms with Gasteiger partial charge in [-0.1, -0.05) is 12.1 Å². The van der Waals surface area contributed by atoms with Crippen LogP contribution in [0.5, 0.6) is 0 Å². The first kappa shape index (κ1) is 16.4. The van der Waals surface area contributed by atoms with Crippen molar-refractivity contribution in [3.63, 3.8) is 0 Å². The number of fused-ring (bicyclic) bond motifs is 2. The highest BCUT2D eigenvalue weighted by atomic mass is 35.5. The molecule has 0 aromatic heterocycles. The second kappa shape index (κ2) is 5.74. The lowest BCUT2D eigenvalue weighted by Gasteiger charge is -2.46. The third kappa shape index (κ3) is 2.07. The van der Waals surface area contributed by atoms with Gasteiger partial charge in [-0.25, -0.2) is 4.79 Å². The molecule has 0 N–H and O–H groups in total. The van der Waals surface area contributed by atoms with Crippen LogP contribution in [0.4, 0.5) is 0 Å². The van der Waals surface area contributed by atoms with Crippen LogP contribution in [0.2, 0.25) is 0 Å². The summed E-state index contributed by atoms with van der Waals surface area (Å²) in [5.74, 6) is -1.80. The van der Waals surface area contributed by atoms with Crippen LogP contribution in [-0.2, 0) is 14.3 Å². The maximum Gasteiger partial charge on any atom is 0.329 e. The molecular formula is C16H13ClN2O5S. The minimum absolute atomic E-state index is 0.152.